The number of hydrogen-bond donors (Lipinski definition) is 1. The van der Waals surface area contributed by atoms with E-state index in [2.05, 4.69) is 12.1 Å². The van der Waals surface area contributed by atoms with E-state index < -0.39 is 6.09 Å². The molecule has 2 aromatic carbocycles. The predicted octanol–water partition coefficient (Wildman–Crippen LogP) is 4.66. The second-order valence-electron chi connectivity index (χ2n) is 5.86. The van der Waals surface area contributed by atoms with Gasteiger partial charge in [-0.15, -0.1) is 0 Å². The van der Waals surface area contributed by atoms with Crippen molar-refractivity contribution in [2.75, 3.05) is 4.90 Å². The van der Waals surface area contributed by atoms with Gasteiger partial charge < -0.3 is 5.11 Å². The number of amides is 1. The van der Waals surface area contributed by atoms with E-state index in [0.29, 0.717) is 0 Å². The monoisotopic (exact) mass is 279 g/mol. The predicted molar refractivity (Wildman–Crippen MR) is 84.7 cm³/mol. The van der Waals surface area contributed by atoms with Gasteiger partial charge in [-0.05, 0) is 35.8 Å². The second kappa shape index (κ2) is 4.62. The molecule has 4 rings (SSSR count). The number of nitrogens with zero attached hydrogens (tertiary/aromatic N) is 1. The molecule has 1 aliphatic heterocycles. The van der Waals surface area contributed by atoms with Gasteiger partial charge in [0.05, 0.1) is 11.7 Å². The zero-order chi connectivity index (χ0) is 14.4. The Labute approximate surface area is 123 Å². The van der Waals surface area contributed by atoms with E-state index in [1.54, 1.807) is 4.90 Å². The molecule has 1 atom stereocenters. The summed E-state index contributed by atoms with van der Waals surface area (Å²) in [7, 11) is 0. The van der Waals surface area contributed by atoms with Crippen molar-refractivity contribution in [1.29, 1.82) is 0 Å². The Balaban J connectivity index is 2.02. The number of benzene rings is 2. The lowest BCUT2D eigenvalue weighted by atomic mass is 9.83. The van der Waals surface area contributed by atoms with Crippen molar-refractivity contribution in [3.8, 4) is 0 Å². The van der Waals surface area contributed by atoms with Crippen molar-refractivity contribution in [2.24, 2.45) is 0 Å². The van der Waals surface area contributed by atoms with Crippen LogP contribution in [0.3, 0.4) is 0 Å². The first-order valence-corrected chi connectivity index (χ1v) is 7.50. The quantitative estimate of drug-likeness (QED) is 0.761. The molecule has 3 nitrogen and oxygen atoms in total. The molecule has 0 radical (unpaired) electrons. The fraction of sp³-hybridized carbons (Fsp3) is 0.278. The molecule has 0 spiro atoms. The minimum absolute atomic E-state index is 0.0227. The van der Waals surface area contributed by atoms with Gasteiger partial charge >= 0.3 is 6.09 Å². The smallest absolute Gasteiger partial charge is 0.412 e. The molecule has 106 valence electrons. The van der Waals surface area contributed by atoms with Crippen molar-refractivity contribution in [1.82, 2.24) is 0 Å². The molecule has 1 unspecified atom stereocenters. The maximum Gasteiger partial charge on any atom is 0.412 e. The van der Waals surface area contributed by atoms with Crippen LogP contribution >= 0.6 is 0 Å². The van der Waals surface area contributed by atoms with E-state index in [1.807, 2.05) is 30.3 Å². The Morgan fingerprint density at radius 3 is 2.86 bits per heavy atom. The first-order chi connectivity index (χ1) is 10.3. The van der Waals surface area contributed by atoms with Crippen LogP contribution in [0.15, 0.2) is 42.0 Å². The maximum atomic E-state index is 11.9. The third-order valence-corrected chi connectivity index (χ3v) is 4.65. The lowest BCUT2D eigenvalue weighted by Crippen LogP contribution is -2.44. The number of carbonyl (C=O) groups is 1. The third-order valence-electron chi connectivity index (χ3n) is 4.65. The Bertz CT molecular complexity index is 763. The minimum Gasteiger partial charge on any atom is -0.465 e. The summed E-state index contributed by atoms with van der Waals surface area (Å²) in [6, 6.07) is 12.2. The van der Waals surface area contributed by atoms with Gasteiger partial charge in [-0.3, -0.25) is 4.90 Å². The lowest BCUT2D eigenvalue weighted by molar-refractivity contribution is 0.198. The van der Waals surface area contributed by atoms with Crippen LogP contribution in [0.1, 0.15) is 31.2 Å². The molecule has 1 aliphatic carbocycles. The summed E-state index contributed by atoms with van der Waals surface area (Å²) in [6.45, 7) is 0. The van der Waals surface area contributed by atoms with Crippen molar-refractivity contribution < 1.29 is 9.90 Å². The van der Waals surface area contributed by atoms with Crippen LogP contribution in [-0.2, 0) is 0 Å². The first-order valence-electron chi connectivity index (χ1n) is 7.50. The van der Waals surface area contributed by atoms with Crippen LogP contribution in [0.2, 0.25) is 0 Å². The molecule has 0 bridgehead atoms. The summed E-state index contributed by atoms with van der Waals surface area (Å²) in [6.07, 6.45) is 5.59. The van der Waals surface area contributed by atoms with Gasteiger partial charge in [-0.1, -0.05) is 48.9 Å². The summed E-state index contributed by atoms with van der Waals surface area (Å²) < 4.78 is 0. The highest BCUT2D eigenvalue weighted by molar-refractivity contribution is 6.06. The molecule has 0 saturated heterocycles. The number of hydrogen-bond acceptors (Lipinski definition) is 1. The summed E-state index contributed by atoms with van der Waals surface area (Å²) in [4.78, 5) is 13.5. The molecule has 1 heterocycles. The van der Waals surface area contributed by atoms with Crippen molar-refractivity contribution in [2.45, 2.75) is 31.7 Å². The molecule has 1 N–H and O–H groups in total. The number of fused-ring (bicyclic) bond motifs is 4. The third kappa shape index (κ3) is 1.84. The average Bonchev–Trinajstić information content (AvgIpc) is 2.52. The van der Waals surface area contributed by atoms with Crippen LogP contribution in [0.4, 0.5) is 10.5 Å². The first kappa shape index (κ1) is 12.5. The highest BCUT2D eigenvalue weighted by Gasteiger charge is 2.35. The Morgan fingerprint density at radius 1 is 1.14 bits per heavy atom. The maximum absolute atomic E-state index is 11.9. The van der Waals surface area contributed by atoms with Crippen molar-refractivity contribution in [3.63, 3.8) is 0 Å². The fourth-order valence-corrected chi connectivity index (χ4v) is 3.72. The van der Waals surface area contributed by atoms with Crippen LogP contribution < -0.4 is 4.90 Å². The Morgan fingerprint density at radius 2 is 2.00 bits per heavy atom. The largest absolute Gasteiger partial charge is 0.465 e. The van der Waals surface area contributed by atoms with E-state index in [0.717, 1.165) is 41.3 Å². The molecule has 21 heavy (non-hydrogen) atoms. The summed E-state index contributed by atoms with van der Waals surface area (Å²) >= 11 is 0. The van der Waals surface area contributed by atoms with Gasteiger partial charge in [0.15, 0.2) is 0 Å². The van der Waals surface area contributed by atoms with Crippen molar-refractivity contribution in [3.05, 3.63) is 47.5 Å². The molecule has 1 saturated carbocycles. The number of rotatable bonds is 0. The van der Waals surface area contributed by atoms with Crippen molar-refractivity contribution >= 4 is 28.6 Å². The summed E-state index contributed by atoms with van der Waals surface area (Å²) in [5.74, 6) is 0. The molecular weight excluding hydrogens is 262 g/mol. The lowest BCUT2D eigenvalue weighted by Gasteiger charge is -2.39. The van der Waals surface area contributed by atoms with E-state index in [-0.39, 0.29) is 6.04 Å². The van der Waals surface area contributed by atoms with Crippen LogP contribution in [0.25, 0.3) is 16.8 Å². The van der Waals surface area contributed by atoms with Gasteiger partial charge in [0, 0.05) is 5.39 Å². The van der Waals surface area contributed by atoms with Gasteiger partial charge in [-0.25, -0.2) is 4.79 Å². The fourth-order valence-electron chi connectivity index (χ4n) is 3.72. The molecule has 2 aromatic rings. The molecule has 2 aliphatic rings. The highest BCUT2D eigenvalue weighted by atomic mass is 16.4. The molecule has 1 amide bonds. The zero-order valence-corrected chi connectivity index (χ0v) is 11.7. The molecule has 3 heteroatoms. The van der Waals surface area contributed by atoms with E-state index >= 15 is 0 Å². The standard InChI is InChI=1S/C18H17NO2/c20-18(21)19-16-8-4-2-6-13(16)11-14-10-9-12-5-1-3-7-15(12)17(14)19/h1,3,5,7,9-11,16H,2,4,6,8H2,(H,20,21). The molecule has 0 aromatic heterocycles. The highest BCUT2D eigenvalue weighted by Crippen LogP contribution is 2.42. The number of carboxylic acid groups (broad SMARTS) is 1. The minimum atomic E-state index is -0.842. The average molecular weight is 279 g/mol. The summed E-state index contributed by atoms with van der Waals surface area (Å²) in [5.41, 5.74) is 3.16. The normalized spacial score (nSPS) is 20.7. The summed E-state index contributed by atoms with van der Waals surface area (Å²) in [5, 5.41) is 11.9. The second-order valence-corrected chi connectivity index (χ2v) is 5.86. The van der Waals surface area contributed by atoms with Gasteiger partial charge in [0.25, 0.3) is 0 Å². The van der Waals surface area contributed by atoms with Gasteiger partial charge in [-0.2, -0.15) is 0 Å². The number of anilines is 1. The SMILES string of the molecule is O=C(O)N1c2c(ccc3ccccc23)C=C2CCCCC21. The Hall–Kier alpha value is -2.29. The van der Waals surface area contributed by atoms with Gasteiger partial charge in [0.1, 0.15) is 0 Å². The van der Waals surface area contributed by atoms with E-state index in [9.17, 15) is 9.90 Å². The molecular formula is C18H17NO2. The molecule has 1 fully saturated rings. The Kier molecular flexibility index (Phi) is 2.74. The zero-order valence-electron chi connectivity index (χ0n) is 11.7. The topological polar surface area (TPSA) is 40.5 Å². The van der Waals surface area contributed by atoms with Crippen LogP contribution in [0.5, 0.6) is 0 Å². The van der Waals surface area contributed by atoms with Crippen LogP contribution in [0, 0.1) is 0 Å². The van der Waals surface area contributed by atoms with Crippen LogP contribution in [-0.4, -0.2) is 17.2 Å². The van der Waals surface area contributed by atoms with E-state index in [1.165, 1.54) is 12.0 Å². The van der Waals surface area contributed by atoms with Gasteiger partial charge in [0.2, 0.25) is 0 Å². The van der Waals surface area contributed by atoms with E-state index in [4.69, 9.17) is 0 Å².